The molecule has 0 bridgehead atoms. The van der Waals surface area contributed by atoms with Crippen LogP contribution in [0, 0.1) is 10.8 Å². The fourth-order valence-electron chi connectivity index (χ4n) is 3.53. The third kappa shape index (κ3) is 1.79. The van der Waals surface area contributed by atoms with Crippen LogP contribution in [-0.4, -0.2) is 36.0 Å². The standard InChI is InChI=1S/C14H26N2O/c1-6-15-10-8-7-9-16(11(10)17)12-13(2,3)14(12,4)5/h10,12,15H,6-9H2,1-5H3. The van der Waals surface area contributed by atoms with Crippen molar-refractivity contribution in [1.82, 2.24) is 10.2 Å². The van der Waals surface area contributed by atoms with E-state index in [2.05, 4.69) is 44.8 Å². The van der Waals surface area contributed by atoms with E-state index < -0.39 is 0 Å². The van der Waals surface area contributed by atoms with Gasteiger partial charge in [0, 0.05) is 12.6 Å². The smallest absolute Gasteiger partial charge is 0.239 e. The molecule has 2 rings (SSSR count). The van der Waals surface area contributed by atoms with Crippen molar-refractivity contribution in [2.45, 2.75) is 59.5 Å². The summed E-state index contributed by atoms with van der Waals surface area (Å²) in [6, 6.07) is 0.477. The van der Waals surface area contributed by atoms with Gasteiger partial charge in [0.05, 0.1) is 6.04 Å². The maximum absolute atomic E-state index is 12.4. The highest BCUT2D eigenvalue weighted by Gasteiger charge is 2.68. The first-order chi connectivity index (χ1) is 7.84. The van der Waals surface area contributed by atoms with Gasteiger partial charge >= 0.3 is 0 Å². The molecule has 0 aromatic heterocycles. The number of hydrogen-bond donors (Lipinski definition) is 1. The van der Waals surface area contributed by atoms with Crippen LogP contribution in [0.3, 0.4) is 0 Å². The van der Waals surface area contributed by atoms with E-state index in [1.54, 1.807) is 0 Å². The lowest BCUT2D eigenvalue weighted by atomic mass is 10.0. The zero-order chi connectivity index (χ0) is 12.8. The molecule has 2 aliphatic rings. The van der Waals surface area contributed by atoms with Gasteiger partial charge in [0.2, 0.25) is 5.91 Å². The first kappa shape index (κ1) is 12.9. The van der Waals surface area contributed by atoms with E-state index in [0.717, 1.165) is 25.9 Å². The molecule has 1 unspecified atom stereocenters. The predicted octanol–water partition coefficient (Wildman–Crippen LogP) is 2.02. The average Bonchev–Trinajstić information content (AvgIpc) is 2.63. The van der Waals surface area contributed by atoms with Gasteiger partial charge in [-0.2, -0.15) is 0 Å². The second-order valence-corrected chi connectivity index (χ2v) is 6.63. The Labute approximate surface area is 105 Å². The Morgan fingerprint density at radius 2 is 1.88 bits per heavy atom. The second kappa shape index (κ2) is 3.98. The van der Waals surface area contributed by atoms with Crippen molar-refractivity contribution >= 4 is 5.91 Å². The van der Waals surface area contributed by atoms with E-state index in [-0.39, 0.29) is 16.9 Å². The van der Waals surface area contributed by atoms with Gasteiger partial charge in [-0.1, -0.05) is 34.6 Å². The summed E-state index contributed by atoms with van der Waals surface area (Å²) < 4.78 is 0. The molecule has 0 aromatic carbocycles. The van der Waals surface area contributed by atoms with Crippen LogP contribution in [0.15, 0.2) is 0 Å². The number of nitrogens with one attached hydrogen (secondary N) is 1. The lowest BCUT2D eigenvalue weighted by Crippen LogP contribution is -2.52. The minimum atomic E-state index is 0.0564. The maximum Gasteiger partial charge on any atom is 0.239 e. The van der Waals surface area contributed by atoms with Gasteiger partial charge < -0.3 is 10.2 Å². The van der Waals surface area contributed by atoms with Crippen molar-refractivity contribution in [2.75, 3.05) is 13.1 Å². The van der Waals surface area contributed by atoms with Crippen molar-refractivity contribution in [2.24, 2.45) is 10.8 Å². The Morgan fingerprint density at radius 3 is 2.35 bits per heavy atom. The van der Waals surface area contributed by atoms with Crippen LogP contribution in [0.2, 0.25) is 0 Å². The number of likely N-dealkylation sites (tertiary alicyclic amines) is 1. The lowest BCUT2D eigenvalue weighted by molar-refractivity contribution is -0.137. The van der Waals surface area contributed by atoms with E-state index in [9.17, 15) is 4.79 Å². The molecule has 1 aliphatic carbocycles. The molecule has 17 heavy (non-hydrogen) atoms. The van der Waals surface area contributed by atoms with Gasteiger partial charge in [0.15, 0.2) is 0 Å². The van der Waals surface area contributed by atoms with Gasteiger partial charge in [0.1, 0.15) is 0 Å². The van der Waals surface area contributed by atoms with Crippen LogP contribution in [0.25, 0.3) is 0 Å². The minimum absolute atomic E-state index is 0.0564. The molecule has 0 spiro atoms. The van der Waals surface area contributed by atoms with Crippen molar-refractivity contribution in [3.8, 4) is 0 Å². The monoisotopic (exact) mass is 238 g/mol. The zero-order valence-electron chi connectivity index (χ0n) is 11.8. The second-order valence-electron chi connectivity index (χ2n) is 6.63. The van der Waals surface area contributed by atoms with Crippen LogP contribution in [-0.2, 0) is 4.79 Å². The number of rotatable bonds is 3. The van der Waals surface area contributed by atoms with Crippen LogP contribution in [0.5, 0.6) is 0 Å². The average molecular weight is 238 g/mol. The topological polar surface area (TPSA) is 32.3 Å². The third-order valence-electron chi connectivity index (χ3n) is 5.18. The van der Waals surface area contributed by atoms with Gasteiger partial charge in [-0.25, -0.2) is 0 Å². The molecule has 98 valence electrons. The molecular formula is C14H26N2O. The summed E-state index contributed by atoms with van der Waals surface area (Å²) in [7, 11) is 0. The number of amides is 1. The molecule has 2 fully saturated rings. The van der Waals surface area contributed by atoms with Crippen molar-refractivity contribution in [3.05, 3.63) is 0 Å². The Hall–Kier alpha value is -0.570. The molecule has 1 amide bonds. The maximum atomic E-state index is 12.4. The van der Waals surface area contributed by atoms with Crippen LogP contribution >= 0.6 is 0 Å². The summed E-state index contributed by atoms with van der Waals surface area (Å²) in [5.41, 5.74) is 0.521. The minimum Gasteiger partial charge on any atom is -0.337 e. The summed E-state index contributed by atoms with van der Waals surface area (Å²) in [6.07, 6.45) is 2.13. The molecule has 1 N–H and O–H groups in total. The predicted molar refractivity (Wildman–Crippen MR) is 69.8 cm³/mol. The van der Waals surface area contributed by atoms with E-state index >= 15 is 0 Å². The first-order valence-electron chi connectivity index (χ1n) is 6.88. The van der Waals surface area contributed by atoms with E-state index in [1.165, 1.54) is 0 Å². The fourth-order valence-corrected chi connectivity index (χ4v) is 3.53. The van der Waals surface area contributed by atoms with Crippen LogP contribution in [0.1, 0.15) is 47.5 Å². The molecule has 1 aliphatic heterocycles. The van der Waals surface area contributed by atoms with Gasteiger partial charge in [0.25, 0.3) is 0 Å². The quantitative estimate of drug-likeness (QED) is 0.816. The van der Waals surface area contributed by atoms with E-state index in [0.29, 0.717) is 11.9 Å². The number of nitrogens with zero attached hydrogens (tertiary/aromatic N) is 1. The highest BCUT2D eigenvalue weighted by atomic mass is 16.2. The summed E-state index contributed by atoms with van der Waals surface area (Å²) in [5, 5.41) is 3.31. The number of hydrogen-bond acceptors (Lipinski definition) is 2. The molecule has 3 nitrogen and oxygen atoms in total. The Bertz CT molecular complexity index is 306. The number of piperidine rings is 1. The lowest BCUT2D eigenvalue weighted by Gasteiger charge is -2.34. The molecule has 0 radical (unpaired) electrons. The molecule has 1 saturated carbocycles. The van der Waals surface area contributed by atoms with Crippen molar-refractivity contribution in [1.29, 1.82) is 0 Å². The Kier molecular flexibility index (Phi) is 3.01. The molecule has 1 saturated heterocycles. The summed E-state index contributed by atoms with van der Waals surface area (Å²) in [5.74, 6) is 0.321. The number of carbonyl (C=O) groups excluding carboxylic acids is 1. The largest absolute Gasteiger partial charge is 0.337 e. The van der Waals surface area contributed by atoms with Crippen LogP contribution in [0.4, 0.5) is 0 Å². The molecular weight excluding hydrogens is 212 g/mol. The first-order valence-corrected chi connectivity index (χ1v) is 6.88. The Balaban J connectivity index is 2.10. The van der Waals surface area contributed by atoms with Gasteiger partial charge in [-0.05, 0) is 30.2 Å². The van der Waals surface area contributed by atoms with E-state index in [4.69, 9.17) is 0 Å². The van der Waals surface area contributed by atoms with Crippen LogP contribution < -0.4 is 5.32 Å². The normalized spacial score (nSPS) is 31.7. The molecule has 0 aromatic rings. The summed E-state index contributed by atoms with van der Waals surface area (Å²) in [6.45, 7) is 13.0. The number of carbonyl (C=O) groups is 1. The molecule has 3 heteroatoms. The van der Waals surface area contributed by atoms with Gasteiger partial charge in [-0.15, -0.1) is 0 Å². The third-order valence-corrected chi connectivity index (χ3v) is 5.18. The van der Waals surface area contributed by atoms with Crippen molar-refractivity contribution in [3.63, 3.8) is 0 Å². The van der Waals surface area contributed by atoms with Gasteiger partial charge in [-0.3, -0.25) is 4.79 Å². The highest BCUT2D eigenvalue weighted by molar-refractivity contribution is 5.83. The molecule has 1 atom stereocenters. The zero-order valence-corrected chi connectivity index (χ0v) is 11.8. The number of likely N-dealkylation sites (N-methyl/N-ethyl adjacent to an activating group) is 1. The Morgan fingerprint density at radius 1 is 1.29 bits per heavy atom. The SMILES string of the molecule is CCNC1CCCN(C2C(C)(C)C2(C)C)C1=O. The highest BCUT2D eigenvalue weighted by Crippen LogP contribution is 2.65. The van der Waals surface area contributed by atoms with Crippen molar-refractivity contribution < 1.29 is 4.79 Å². The molecule has 1 heterocycles. The van der Waals surface area contributed by atoms with E-state index in [1.807, 2.05) is 0 Å². The summed E-state index contributed by atoms with van der Waals surface area (Å²) >= 11 is 0. The fraction of sp³-hybridized carbons (Fsp3) is 0.929. The summed E-state index contributed by atoms with van der Waals surface area (Å²) in [4.78, 5) is 14.6.